The molecule has 2 aliphatic rings. The molecule has 0 saturated carbocycles. The third-order valence-corrected chi connectivity index (χ3v) is 7.02. The van der Waals surface area contributed by atoms with E-state index in [0.29, 0.717) is 32.5 Å². The third kappa shape index (κ3) is 7.06. The minimum atomic E-state index is -1.32. The van der Waals surface area contributed by atoms with Crippen molar-refractivity contribution in [1.82, 2.24) is 9.80 Å². The first-order valence-corrected chi connectivity index (χ1v) is 12.2. The van der Waals surface area contributed by atoms with E-state index in [-0.39, 0.29) is 42.6 Å². The van der Waals surface area contributed by atoms with Crippen LogP contribution in [0.1, 0.15) is 41.9 Å². The molecule has 3 N–H and O–H groups in total. The second kappa shape index (κ2) is 12.5. The topological polar surface area (TPSA) is 113 Å². The van der Waals surface area contributed by atoms with Crippen LogP contribution >= 0.6 is 12.4 Å². The molecule has 8 nitrogen and oxygen atoms in total. The highest BCUT2D eigenvalue weighted by Crippen LogP contribution is 2.34. The number of nitrogens with two attached hydrogens (primary N) is 1. The summed E-state index contributed by atoms with van der Waals surface area (Å²) >= 11 is 0. The van der Waals surface area contributed by atoms with Crippen molar-refractivity contribution in [2.45, 2.75) is 56.9 Å². The van der Waals surface area contributed by atoms with E-state index in [1.807, 2.05) is 41.0 Å². The first kappa shape index (κ1) is 28.6. The number of amides is 1. The molecular formula is C27H33ClFN3O5. The van der Waals surface area contributed by atoms with Crippen molar-refractivity contribution in [3.05, 3.63) is 65.2 Å². The molecule has 37 heavy (non-hydrogen) atoms. The number of halogens is 2. The fourth-order valence-electron chi connectivity index (χ4n) is 4.94. The van der Waals surface area contributed by atoms with Gasteiger partial charge in [0.2, 0.25) is 5.91 Å². The molecule has 0 radical (unpaired) electrons. The number of likely N-dealkylation sites (tertiary alicyclic amines) is 2. The van der Waals surface area contributed by atoms with Crippen LogP contribution < -0.4 is 10.5 Å². The van der Waals surface area contributed by atoms with Crippen LogP contribution in [0.2, 0.25) is 0 Å². The monoisotopic (exact) mass is 533 g/mol. The van der Waals surface area contributed by atoms with Crippen molar-refractivity contribution in [2.24, 2.45) is 5.73 Å². The van der Waals surface area contributed by atoms with Crippen molar-refractivity contribution in [1.29, 1.82) is 0 Å². The number of carboxylic acids is 1. The molecule has 4 atom stereocenters. The van der Waals surface area contributed by atoms with Gasteiger partial charge in [-0.2, -0.15) is 0 Å². The van der Waals surface area contributed by atoms with Gasteiger partial charge in [-0.15, -0.1) is 12.4 Å². The number of piperidine rings is 1. The van der Waals surface area contributed by atoms with E-state index in [0.717, 1.165) is 11.1 Å². The summed E-state index contributed by atoms with van der Waals surface area (Å²) in [6, 6.07) is 13.1. The van der Waals surface area contributed by atoms with Crippen LogP contribution in [0.15, 0.2) is 48.5 Å². The predicted molar refractivity (Wildman–Crippen MR) is 138 cm³/mol. The minimum Gasteiger partial charge on any atom is -0.480 e. The van der Waals surface area contributed by atoms with Crippen molar-refractivity contribution in [3.8, 4) is 5.75 Å². The lowest BCUT2D eigenvalue weighted by Gasteiger charge is -2.37. The maximum atomic E-state index is 15.3. The number of aryl methyl sites for hydroxylation is 1. The maximum absolute atomic E-state index is 15.3. The van der Waals surface area contributed by atoms with Gasteiger partial charge in [0.25, 0.3) is 0 Å². The Hall–Kier alpha value is -3.01. The number of carbonyl (C=O) groups excluding carboxylic acids is 2. The highest BCUT2D eigenvalue weighted by atomic mass is 35.5. The van der Waals surface area contributed by atoms with Crippen LogP contribution in [0.3, 0.4) is 0 Å². The van der Waals surface area contributed by atoms with E-state index >= 15 is 4.39 Å². The number of rotatable bonds is 8. The second-order valence-electron chi connectivity index (χ2n) is 9.65. The Morgan fingerprint density at radius 1 is 1.11 bits per heavy atom. The van der Waals surface area contributed by atoms with Gasteiger partial charge in [-0.3, -0.25) is 19.3 Å². The average Bonchev–Trinajstić information content (AvgIpc) is 3.20. The second-order valence-corrected chi connectivity index (χ2v) is 9.65. The number of esters is 1. The van der Waals surface area contributed by atoms with Crippen molar-refractivity contribution in [2.75, 3.05) is 19.6 Å². The number of hydrogen-bond acceptors (Lipinski definition) is 6. The van der Waals surface area contributed by atoms with Crippen molar-refractivity contribution >= 4 is 30.3 Å². The molecule has 4 rings (SSSR count). The first-order valence-electron chi connectivity index (χ1n) is 12.2. The summed E-state index contributed by atoms with van der Waals surface area (Å²) in [7, 11) is 0. The molecule has 0 aliphatic carbocycles. The van der Waals surface area contributed by atoms with E-state index in [9.17, 15) is 14.4 Å². The molecule has 2 saturated heterocycles. The zero-order valence-corrected chi connectivity index (χ0v) is 21.5. The zero-order valence-electron chi connectivity index (χ0n) is 20.7. The van der Waals surface area contributed by atoms with Gasteiger partial charge in [-0.25, -0.2) is 4.39 Å². The summed E-state index contributed by atoms with van der Waals surface area (Å²) in [6.07, 6.45) is -0.284. The number of hydrogen-bond donors (Lipinski definition) is 2. The minimum absolute atomic E-state index is 0. The normalized spacial score (nSPS) is 22.8. The molecule has 0 aromatic heterocycles. The third-order valence-electron chi connectivity index (χ3n) is 7.02. The average molecular weight is 534 g/mol. The van der Waals surface area contributed by atoms with Gasteiger partial charge in [-0.05, 0) is 49.6 Å². The predicted octanol–water partition coefficient (Wildman–Crippen LogP) is 3.05. The fraction of sp³-hybridized carbons (Fsp3) is 0.444. The van der Waals surface area contributed by atoms with Gasteiger partial charge in [0.05, 0.1) is 12.5 Å². The fourth-order valence-corrected chi connectivity index (χ4v) is 4.94. The Labute approximate surface area is 222 Å². The molecule has 200 valence electrons. The van der Waals surface area contributed by atoms with Crippen LogP contribution in [0.5, 0.6) is 5.75 Å². The summed E-state index contributed by atoms with van der Waals surface area (Å²) in [6.45, 7) is 4.10. The molecule has 0 bridgehead atoms. The highest BCUT2D eigenvalue weighted by Gasteiger charge is 2.40. The molecular weight excluding hydrogens is 501 g/mol. The summed E-state index contributed by atoms with van der Waals surface area (Å²) in [5, 5.41) is 8.79. The number of alkyl halides is 1. The Morgan fingerprint density at radius 3 is 2.41 bits per heavy atom. The Bertz CT molecular complexity index is 1100. The molecule has 2 aromatic carbocycles. The largest absolute Gasteiger partial charge is 0.480 e. The number of ether oxygens (including phenoxy) is 1. The van der Waals surface area contributed by atoms with Crippen LogP contribution in [0, 0.1) is 6.92 Å². The molecule has 2 unspecified atom stereocenters. The maximum Gasteiger partial charge on any atom is 0.321 e. The first-order chi connectivity index (χ1) is 17.2. The summed E-state index contributed by atoms with van der Waals surface area (Å²) < 4.78 is 20.4. The molecule has 1 amide bonds. The molecule has 2 aromatic rings. The van der Waals surface area contributed by atoms with E-state index in [4.69, 9.17) is 15.6 Å². The molecule has 2 heterocycles. The molecule has 0 spiro atoms. The quantitative estimate of drug-likeness (QED) is 0.396. The smallest absolute Gasteiger partial charge is 0.321 e. The summed E-state index contributed by atoms with van der Waals surface area (Å²) in [4.78, 5) is 39.5. The van der Waals surface area contributed by atoms with Gasteiger partial charge in [-0.1, -0.05) is 42.0 Å². The van der Waals surface area contributed by atoms with Crippen LogP contribution in [0.4, 0.5) is 4.39 Å². The van der Waals surface area contributed by atoms with Crippen LogP contribution in [-0.4, -0.2) is 70.6 Å². The van der Waals surface area contributed by atoms with Gasteiger partial charge >= 0.3 is 11.9 Å². The van der Waals surface area contributed by atoms with Gasteiger partial charge < -0.3 is 20.5 Å². The van der Waals surface area contributed by atoms with E-state index in [1.165, 1.54) is 5.56 Å². The van der Waals surface area contributed by atoms with Gasteiger partial charge in [0.15, 0.2) is 0 Å². The Morgan fingerprint density at radius 2 is 1.78 bits per heavy atom. The molecule has 2 aliphatic heterocycles. The number of benzene rings is 2. The van der Waals surface area contributed by atoms with Crippen molar-refractivity contribution in [3.63, 3.8) is 0 Å². The van der Waals surface area contributed by atoms with E-state index < -0.39 is 30.6 Å². The molecule has 10 heteroatoms. The van der Waals surface area contributed by atoms with Crippen LogP contribution in [0.25, 0.3) is 0 Å². The van der Waals surface area contributed by atoms with Gasteiger partial charge in [0, 0.05) is 25.6 Å². The lowest BCUT2D eigenvalue weighted by atomic mass is 9.87. The SMILES string of the molecule is Cc1ccc(CN2CCC(N3CC[C@@H](c4ccc(OC(=O)CC(N)C(=O)O)cc4)[C@H](F)C3)C2=O)cc1.Cl. The summed E-state index contributed by atoms with van der Waals surface area (Å²) in [5.41, 5.74) is 8.42. The Balaban J connectivity index is 0.00000380. The standard InChI is InChI=1S/C27H32FN3O5.ClH/c1-17-2-4-18(5-3-17)15-31-13-11-24(26(31)33)30-12-10-21(22(28)16-30)19-6-8-20(9-7-19)36-25(32)14-23(29)27(34)35;/h2-9,21-24H,10-16,29H2,1H3,(H,34,35);1H/t21-,22+,23?,24?;/m0./s1. The van der Waals surface area contributed by atoms with E-state index in [2.05, 4.69) is 0 Å². The number of nitrogens with zero attached hydrogens (tertiary/aromatic N) is 2. The number of carboxylic acid groups (broad SMARTS) is 1. The lowest BCUT2D eigenvalue weighted by molar-refractivity contribution is -0.143. The lowest BCUT2D eigenvalue weighted by Crippen LogP contribution is -2.49. The number of aliphatic carboxylic acids is 1. The van der Waals surface area contributed by atoms with Crippen molar-refractivity contribution < 1.29 is 28.6 Å². The van der Waals surface area contributed by atoms with E-state index in [1.54, 1.807) is 24.3 Å². The van der Waals surface area contributed by atoms with Gasteiger partial charge in [0.1, 0.15) is 18.0 Å². The highest BCUT2D eigenvalue weighted by molar-refractivity contribution is 5.85. The van der Waals surface area contributed by atoms with Crippen LogP contribution in [-0.2, 0) is 20.9 Å². The molecule has 2 fully saturated rings. The zero-order chi connectivity index (χ0) is 25.8. The number of carbonyl (C=O) groups is 3. The Kier molecular flexibility index (Phi) is 9.64. The summed E-state index contributed by atoms with van der Waals surface area (Å²) in [5.74, 6) is -2.02.